The summed E-state index contributed by atoms with van der Waals surface area (Å²) in [7, 11) is 0. The molecule has 0 aliphatic carbocycles. The standard InChI is InChI=1S/2C10H14F2N2/c1-9(2,3)7-5-8(10(4,11)12)14-6-13-7;1-9(2,3)8-5-7(6-13-14-8)10(4,11)12/h2*5-6H,1-4H3. The molecule has 0 N–H and O–H groups in total. The van der Waals surface area contributed by atoms with Gasteiger partial charge in [-0.15, -0.1) is 0 Å². The maximum absolute atomic E-state index is 13.0. The molecule has 0 aliphatic heterocycles. The van der Waals surface area contributed by atoms with Crippen molar-refractivity contribution in [3.05, 3.63) is 47.3 Å². The highest BCUT2D eigenvalue weighted by Gasteiger charge is 2.28. The number of nitrogens with zero attached hydrogens (tertiary/aromatic N) is 4. The SMILES string of the molecule is CC(C)(C)c1cc(C(C)(F)F)cnn1.CC(C)(C)c1cc(C(C)(F)F)ncn1. The Morgan fingerprint density at radius 2 is 1.14 bits per heavy atom. The van der Waals surface area contributed by atoms with Crippen LogP contribution in [0.1, 0.15) is 78.0 Å². The summed E-state index contributed by atoms with van der Waals surface area (Å²) < 4.78 is 51.8. The first-order chi connectivity index (χ1) is 12.4. The Morgan fingerprint density at radius 1 is 0.643 bits per heavy atom. The van der Waals surface area contributed by atoms with Gasteiger partial charge in [0.1, 0.15) is 12.0 Å². The van der Waals surface area contributed by atoms with E-state index in [1.807, 2.05) is 41.5 Å². The van der Waals surface area contributed by atoms with Gasteiger partial charge in [0, 0.05) is 35.9 Å². The van der Waals surface area contributed by atoms with E-state index in [4.69, 9.17) is 0 Å². The number of halogens is 4. The lowest BCUT2D eigenvalue weighted by atomic mass is 9.91. The minimum atomic E-state index is -2.90. The molecule has 0 aromatic carbocycles. The lowest BCUT2D eigenvalue weighted by molar-refractivity contribution is 0.0123. The van der Waals surface area contributed by atoms with Crippen molar-refractivity contribution in [2.75, 3.05) is 0 Å². The molecule has 0 aliphatic rings. The van der Waals surface area contributed by atoms with E-state index in [1.165, 1.54) is 18.5 Å². The Morgan fingerprint density at radius 3 is 1.57 bits per heavy atom. The van der Waals surface area contributed by atoms with Crippen LogP contribution in [0.2, 0.25) is 0 Å². The molecule has 0 atom stereocenters. The molecular formula is C20H28F4N4. The van der Waals surface area contributed by atoms with Crippen molar-refractivity contribution < 1.29 is 17.6 Å². The third kappa shape index (κ3) is 7.13. The third-order valence-electron chi connectivity index (χ3n) is 3.82. The van der Waals surface area contributed by atoms with Gasteiger partial charge in [-0.2, -0.15) is 19.0 Å². The van der Waals surface area contributed by atoms with Gasteiger partial charge < -0.3 is 0 Å². The highest BCUT2D eigenvalue weighted by Crippen LogP contribution is 2.29. The summed E-state index contributed by atoms with van der Waals surface area (Å²) in [4.78, 5) is 7.54. The molecule has 4 nitrogen and oxygen atoms in total. The van der Waals surface area contributed by atoms with Gasteiger partial charge in [-0.3, -0.25) is 0 Å². The predicted octanol–water partition coefficient (Wildman–Crippen LogP) is 5.77. The second-order valence-corrected chi connectivity index (χ2v) is 8.89. The monoisotopic (exact) mass is 400 g/mol. The molecule has 0 saturated heterocycles. The summed E-state index contributed by atoms with van der Waals surface area (Å²) in [6.45, 7) is 13.2. The van der Waals surface area contributed by atoms with E-state index in [0.29, 0.717) is 11.4 Å². The minimum Gasteiger partial charge on any atom is -0.241 e. The van der Waals surface area contributed by atoms with Gasteiger partial charge >= 0.3 is 0 Å². The molecule has 0 amide bonds. The molecule has 28 heavy (non-hydrogen) atoms. The topological polar surface area (TPSA) is 51.6 Å². The summed E-state index contributed by atoms with van der Waals surface area (Å²) in [5, 5.41) is 7.43. The largest absolute Gasteiger partial charge is 0.287 e. The smallest absolute Gasteiger partial charge is 0.241 e. The molecule has 2 rings (SSSR count). The zero-order valence-corrected chi connectivity index (χ0v) is 17.6. The van der Waals surface area contributed by atoms with Crippen LogP contribution in [-0.4, -0.2) is 20.2 Å². The Hall–Kier alpha value is -2.12. The fraction of sp³-hybridized carbons (Fsp3) is 0.600. The van der Waals surface area contributed by atoms with Crippen molar-refractivity contribution in [2.45, 2.75) is 78.1 Å². The quantitative estimate of drug-likeness (QED) is 0.601. The number of alkyl halides is 4. The zero-order valence-electron chi connectivity index (χ0n) is 17.6. The molecule has 0 fully saturated rings. The fourth-order valence-corrected chi connectivity index (χ4v) is 1.98. The highest BCUT2D eigenvalue weighted by molar-refractivity contribution is 5.21. The van der Waals surface area contributed by atoms with Crippen LogP contribution >= 0.6 is 0 Å². The number of aromatic nitrogens is 4. The van der Waals surface area contributed by atoms with Crippen LogP contribution in [0.4, 0.5) is 17.6 Å². The molecule has 2 aromatic heterocycles. The second-order valence-electron chi connectivity index (χ2n) is 8.89. The minimum absolute atomic E-state index is 0.0857. The van der Waals surface area contributed by atoms with Crippen molar-refractivity contribution in [3.63, 3.8) is 0 Å². The van der Waals surface area contributed by atoms with E-state index >= 15 is 0 Å². The fourth-order valence-electron chi connectivity index (χ4n) is 1.98. The van der Waals surface area contributed by atoms with Crippen molar-refractivity contribution in [1.29, 1.82) is 0 Å². The van der Waals surface area contributed by atoms with Crippen LogP contribution in [-0.2, 0) is 22.7 Å². The van der Waals surface area contributed by atoms with E-state index < -0.39 is 11.8 Å². The molecule has 0 bridgehead atoms. The van der Waals surface area contributed by atoms with Crippen molar-refractivity contribution >= 4 is 0 Å². The summed E-state index contributed by atoms with van der Waals surface area (Å²) >= 11 is 0. The molecule has 2 heterocycles. The normalized spacial score (nSPS) is 13.0. The number of rotatable bonds is 2. The van der Waals surface area contributed by atoms with Gasteiger partial charge in [-0.25, -0.2) is 18.7 Å². The summed E-state index contributed by atoms with van der Waals surface area (Å²) in [5.74, 6) is -5.75. The lowest BCUT2D eigenvalue weighted by Gasteiger charge is -2.19. The molecule has 156 valence electrons. The zero-order chi connectivity index (χ0) is 22.0. The maximum Gasteiger partial charge on any atom is 0.287 e. The van der Waals surface area contributed by atoms with Gasteiger partial charge in [0.25, 0.3) is 11.8 Å². The van der Waals surface area contributed by atoms with Crippen LogP contribution in [0.5, 0.6) is 0 Å². The van der Waals surface area contributed by atoms with E-state index in [0.717, 1.165) is 20.0 Å². The molecule has 0 saturated carbocycles. The predicted molar refractivity (Wildman–Crippen MR) is 101 cm³/mol. The van der Waals surface area contributed by atoms with E-state index in [2.05, 4.69) is 20.2 Å². The first-order valence-corrected chi connectivity index (χ1v) is 8.84. The average Bonchev–Trinajstić information content (AvgIpc) is 2.52. The highest BCUT2D eigenvalue weighted by atomic mass is 19.3. The second kappa shape index (κ2) is 8.09. The van der Waals surface area contributed by atoms with Crippen LogP contribution in [0.25, 0.3) is 0 Å². The van der Waals surface area contributed by atoms with E-state index in [9.17, 15) is 17.6 Å². The lowest BCUT2D eigenvalue weighted by Crippen LogP contribution is -2.17. The average molecular weight is 400 g/mol. The van der Waals surface area contributed by atoms with Gasteiger partial charge in [0.05, 0.1) is 11.9 Å². The molecule has 0 radical (unpaired) electrons. The molecule has 0 unspecified atom stereocenters. The Bertz CT molecular complexity index is 656. The van der Waals surface area contributed by atoms with Crippen LogP contribution < -0.4 is 0 Å². The Balaban J connectivity index is 0.000000280. The van der Waals surface area contributed by atoms with E-state index in [1.54, 1.807) is 0 Å². The Kier molecular flexibility index (Phi) is 6.91. The Labute approximate surface area is 163 Å². The van der Waals surface area contributed by atoms with Crippen LogP contribution in [0.15, 0.2) is 24.7 Å². The molecule has 2 aromatic rings. The first kappa shape index (κ1) is 23.9. The summed E-state index contributed by atoms with van der Waals surface area (Å²) in [6, 6.07) is 2.77. The van der Waals surface area contributed by atoms with Gasteiger partial charge in [-0.05, 0) is 12.1 Å². The van der Waals surface area contributed by atoms with Crippen molar-refractivity contribution in [3.8, 4) is 0 Å². The van der Waals surface area contributed by atoms with Gasteiger partial charge in [0.15, 0.2) is 0 Å². The maximum atomic E-state index is 13.0. The van der Waals surface area contributed by atoms with Crippen molar-refractivity contribution in [1.82, 2.24) is 20.2 Å². The molecule has 0 spiro atoms. The van der Waals surface area contributed by atoms with Crippen LogP contribution in [0.3, 0.4) is 0 Å². The molecule has 8 heteroatoms. The number of hydrogen-bond acceptors (Lipinski definition) is 4. The van der Waals surface area contributed by atoms with Crippen LogP contribution in [0, 0.1) is 0 Å². The van der Waals surface area contributed by atoms with E-state index in [-0.39, 0.29) is 22.1 Å². The van der Waals surface area contributed by atoms with Crippen molar-refractivity contribution in [2.24, 2.45) is 0 Å². The molecular weight excluding hydrogens is 372 g/mol. The first-order valence-electron chi connectivity index (χ1n) is 8.84. The number of hydrogen-bond donors (Lipinski definition) is 0. The third-order valence-corrected chi connectivity index (χ3v) is 3.82. The van der Waals surface area contributed by atoms with Gasteiger partial charge in [-0.1, -0.05) is 41.5 Å². The summed E-state index contributed by atoms with van der Waals surface area (Å²) in [6.07, 6.45) is 2.29. The summed E-state index contributed by atoms with van der Waals surface area (Å²) in [5.41, 5.74) is 0.410. The van der Waals surface area contributed by atoms with Gasteiger partial charge in [0.2, 0.25) is 0 Å².